The Labute approximate surface area is 191 Å². The Hall–Kier alpha value is -2.57. The number of amides is 1. The molecule has 1 heterocycles. The number of hydrogen-bond donors (Lipinski definition) is 5. The van der Waals surface area contributed by atoms with Gasteiger partial charge in [-0.05, 0) is 36.1 Å². The van der Waals surface area contributed by atoms with Gasteiger partial charge in [-0.25, -0.2) is 4.79 Å². The van der Waals surface area contributed by atoms with Crippen LogP contribution in [0.4, 0.5) is 5.69 Å². The predicted octanol–water partition coefficient (Wildman–Crippen LogP) is 0.632. The number of aryl methyl sites for hydroxylation is 1. The molecule has 6 N–H and O–H groups in total. The highest BCUT2D eigenvalue weighted by molar-refractivity contribution is 5.95. The van der Waals surface area contributed by atoms with E-state index in [2.05, 4.69) is 5.32 Å². The van der Waals surface area contributed by atoms with E-state index in [0.717, 1.165) is 0 Å². The third-order valence-electron chi connectivity index (χ3n) is 5.36. The second kappa shape index (κ2) is 11.5. The van der Waals surface area contributed by atoms with Crippen molar-refractivity contribution in [1.82, 2.24) is 0 Å². The topological polar surface area (TPSA) is 186 Å². The van der Waals surface area contributed by atoms with E-state index in [9.17, 15) is 34.8 Å². The zero-order valence-electron chi connectivity index (χ0n) is 18.7. The number of anilines is 1. The molecule has 0 spiro atoms. The fourth-order valence-electron chi connectivity index (χ4n) is 3.33. The number of rotatable bonds is 9. The molecule has 0 saturated carbocycles. The molecule has 1 saturated heterocycles. The lowest BCUT2D eigenvalue weighted by molar-refractivity contribution is -0.228. The summed E-state index contributed by atoms with van der Waals surface area (Å²) in [5, 5.41) is 41.9. The zero-order valence-corrected chi connectivity index (χ0v) is 18.7. The minimum Gasteiger partial charge on any atom is -0.667 e. The van der Waals surface area contributed by atoms with Crippen molar-refractivity contribution in [1.29, 1.82) is 0 Å². The maximum atomic E-state index is 11.9. The number of nitrogens with one attached hydrogen (secondary N) is 2. The van der Waals surface area contributed by atoms with Crippen molar-refractivity contribution in [3.8, 4) is 0 Å². The van der Waals surface area contributed by atoms with Crippen molar-refractivity contribution in [3.05, 3.63) is 35.1 Å². The molecule has 11 heteroatoms. The van der Waals surface area contributed by atoms with Crippen molar-refractivity contribution in [2.45, 2.75) is 76.8 Å². The molecular weight excluding hydrogens is 436 g/mol. The fourth-order valence-corrected chi connectivity index (χ4v) is 3.33. The zero-order chi connectivity index (χ0) is 24.9. The molecule has 0 aliphatic carbocycles. The first kappa shape index (κ1) is 26.7. The van der Waals surface area contributed by atoms with Crippen LogP contribution in [-0.2, 0) is 36.9 Å². The van der Waals surface area contributed by atoms with Crippen molar-refractivity contribution in [3.63, 3.8) is 0 Å². The summed E-state index contributed by atoms with van der Waals surface area (Å²) >= 11 is 0. The second-order valence-electron chi connectivity index (χ2n) is 8.40. The van der Waals surface area contributed by atoms with E-state index in [1.807, 2.05) is 0 Å². The summed E-state index contributed by atoms with van der Waals surface area (Å²) in [5.74, 6) is -2.69. The highest BCUT2D eigenvalue weighted by Gasteiger charge is 2.46. The number of aliphatic carboxylic acids is 1. The normalized spacial score (nSPS) is 26.0. The van der Waals surface area contributed by atoms with E-state index in [0.29, 0.717) is 16.8 Å². The van der Waals surface area contributed by atoms with Crippen molar-refractivity contribution < 1.29 is 44.3 Å². The Kier molecular flexibility index (Phi) is 9.32. The largest absolute Gasteiger partial charge is 0.667 e. The molecule has 0 bridgehead atoms. The first-order valence-corrected chi connectivity index (χ1v) is 10.6. The standard InChI is InChI=1S/C22H31N2O9/c1-10(2)22(31)32-9-13-4-6-14(24-20(28)11(3)23)8-12(13)5-7-15-16(25)17(26)18(27)19(33-15)21(29)30/h4,6,8,10-11,15-19,23,25-27H,5,7,9H2,1-3H3,(H,24,28)(H,29,30)/q-1/t11-,15-,16-,17+,18-,19-/m0/s1. The van der Waals surface area contributed by atoms with Crippen LogP contribution in [0.1, 0.15) is 38.3 Å². The van der Waals surface area contributed by atoms with Crippen LogP contribution in [0.15, 0.2) is 18.2 Å². The smallest absolute Gasteiger partial charge is 0.335 e. The Morgan fingerprint density at radius 1 is 1.09 bits per heavy atom. The molecule has 0 aromatic heterocycles. The van der Waals surface area contributed by atoms with Gasteiger partial charge in [-0.15, -0.1) is 0 Å². The first-order valence-electron chi connectivity index (χ1n) is 10.6. The molecule has 0 radical (unpaired) electrons. The fraction of sp³-hybridized carbons (Fsp3) is 0.591. The van der Waals surface area contributed by atoms with Gasteiger partial charge in [-0.3, -0.25) is 9.59 Å². The number of aliphatic hydroxyl groups is 3. The molecule has 1 aliphatic heterocycles. The first-order chi connectivity index (χ1) is 15.4. The molecule has 1 amide bonds. The number of aliphatic hydroxyl groups excluding tert-OH is 3. The molecule has 1 aromatic carbocycles. The van der Waals surface area contributed by atoms with Crippen LogP contribution in [0, 0.1) is 5.92 Å². The number of benzene rings is 1. The summed E-state index contributed by atoms with van der Waals surface area (Å²) in [5.41, 5.74) is 9.17. The molecular formula is C22H31N2O9-. The van der Waals surface area contributed by atoms with Crippen molar-refractivity contribution in [2.24, 2.45) is 5.92 Å². The van der Waals surface area contributed by atoms with Crippen LogP contribution in [0.2, 0.25) is 0 Å². The Bertz CT molecular complexity index is 858. The summed E-state index contributed by atoms with van der Waals surface area (Å²) in [4.78, 5) is 35.1. The summed E-state index contributed by atoms with van der Waals surface area (Å²) in [6.07, 6.45) is -7.46. The molecule has 0 unspecified atom stereocenters. The minimum atomic E-state index is -1.77. The van der Waals surface area contributed by atoms with Crippen LogP contribution in [0.3, 0.4) is 0 Å². The van der Waals surface area contributed by atoms with E-state index in [1.54, 1.807) is 32.0 Å². The number of carbonyl (C=O) groups excluding carboxylic acids is 2. The van der Waals surface area contributed by atoms with Gasteiger partial charge in [-0.1, -0.05) is 32.9 Å². The Morgan fingerprint density at radius 3 is 2.33 bits per heavy atom. The van der Waals surface area contributed by atoms with Crippen molar-refractivity contribution >= 4 is 23.5 Å². The third kappa shape index (κ3) is 6.95. The van der Waals surface area contributed by atoms with Crippen LogP contribution in [-0.4, -0.2) is 74.8 Å². The average molecular weight is 467 g/mol. The number of ether oxygens (including phenoxy) is 2. The summed E-state index contributed by atoms with van der Waals surface area (Å²) in [6, 6.07) is 3.92. The van der Waals surface area contributed by atoms with Gasteiger partial charge >= 0.3 is 11.9 Å². The molecule has 6 atom stereocenters. The molecule has 1 aromatic rings. The average Bonchev–Trinajstić information content (AvgIpc) is 2.75. The van der Waals surface area contributed by atoms with Gasteiger partial charge in [0.15, 0.2) is 6.10 Å². The lowest BCUT2D eigenvalue weighted by Crippen LogP contribution is -2.59. The highest BCUT2D eigenvalue weighted by atomic mass is 16.6. The van der Waals surface area contributed by atoms with Gasteiger partial charge in [0, 0.05) is 5.69 Å². The van der Waals surface area contributed by atoms with Crippen LogP contribution in [0.5, 0.6) is 0 Å². The number of hydrogen-bond acceptors (Lipinski definition) is 8. The highest BCUT2D eigenvalue weighted by Crippen LogP contribution is 2.26. The van der Waals surface area contributed by atoms with E-state index in [1.165, 1.54) is 6.92 Å². The molecule has 184 valence electrons. The van der Waals surface area contributed by atoms with E-state index < -0.39 is 54.4 Å². The van der Waals surface area contributed by atoms with Gasteiger partial charge in [-0.2, -0.15) is 0 Å². The van der Waals surface area contributed by atoms with Crippen LogP contribution in [0.25, 0.3) is 5.73 Å². The predicted molar refractivity (Wildman–Crippen MR) is 116 cm³/mol. The van der Waals surface area contributed by atoms with Crippen molar-refractivity contribution in [2.75, 3.05) is 5.32 Å². The summed E-state index contributed by atoms with van der Waals surface area (Å²) in [7, 11) is 0. The van der Waals surface area contributed by atoms with Gasteiger partial charge in [0.05, 0.1) is 12.0 Å². The Balaban J connectivity index is 2.22. The third-order valence-corrected chi connectivity index (χ3v) is 5.36. The van der Waals surface area contributed by atoms with Gasteiger partial charge < -0.3 is 41.0 Å². The lowest BCUT2D eigenvalue weighted by atomic mass is 9.91. The number of carboxylic acid groups (broad SMARTS) is 1. The van der Waals surface area contributed by atoms with Gasteiger partial charge in [0.1, 0.15) is 24.9 Å². The lowest BCUT2D eigenvalue weighted by Gasteiger charge is -2.39. The van der Waals surface area contributed by atoms with Crippen LogP contribution < -0.4 is 5.32 Å². The van der Waals surface area contributed by atoms with E-state index >= 15 is 0 Å². The quantitative estimate of drug-likeness (QED) is 0.325. The molecule has 1 aliphatic rings. The monoisotopic (exact) mass is 467 g/mol. The molecule has 11 nitrogen and oxygen atoms in total. The molecule has 33 heavy (non-hydrogen) atoms. The maximum absolute atomic E-state index is 11.9. The number of esters is 1. The number of carboxylic acids is 1. The second-order valence-corrected chi connectivity index (χ2v) is 8.40. The minimum absolute atomic E-state index is 0.0391. The Morgan fingerprint density at radius 2 is 1.76 bits per heavy atom. The number of carbonyl (C=O) groups is 3. The van der Waals surface area contributed by atoms with E-state index in [4.69, 9.17) is 15.2 Å². The summed E-state index contributed by atoms with van der Waals surface area (Å²) < 4.78 is 10.6. The summed E-state index contributed by atoms with van der Waals surface area (Å²) in [6.45, 7) is 4.79. The van der Waals surface area contributed by atoms with E-state index in [-0.39, 0.29) is 25.4 Å². The SMILES string of the molecule is CC(C)C(=O)OCc1ccc(NC(=O)[C@H](C)[NH-])cc1CC[C@@H]1O[C@H](C(=O)O)[C@@H](O)[C@H](O)[C@H]1O. The van der Waals surface area contributed by atoms with Crippen LogP contribution >= 0.6 is 0 Å². The van der Waals surface area contributed by atoms with Gasteiger partial charge in [0.2, 0.25) is 5.91 Å². The maximum Gasteiger partial charge on any atom is 0.335 e. The molecule has 1 fully saturated rings. The van der Waals surface area contributed by atoms with Gasteiger partial charge in [0.25, 0.3) is 0 Å². The molecule has 2 rings (SSSR count).